The fourth-order valence-electron chi connectivity index (χ4n) is 0. The van der Waals surface area contributed by atoms with E-state index >= 15 is 0 Å². The summed E-state index contributed by atoms with van der Waals surface area (Å²) in [6.45, 7) is 0. The van der Waals surface area contributed by atoms with Gasteiger partial charge in [-0.3, -0.25) is 0 Å². The van der Waals surface area contributed by atoms with E-state index in [0.29, 0.717) is 0 Å². The Bertz CT molecular complexity index is 29.5. The van der Waals surface area contributed by atoms with Gasteiger partial charge in [0.15, 0.2) is 17.4 Å². The average Bonchev–Trinajstić information content (AvgIpc) is 0.722. The van der Waals surface area contributed by atoms with Gasteiger partial charge in [-0.2, -0.15) is 0 Å². The van der Waals surface area contributed by atoms with Crippen molar-refractivity contribution in [2.24, 2.45) is 0 Å². The van der Waals surface area contributed by atoms with Crippen LogP contribution in [0.4, 0.5) is 0 Å². The molecule has 0 radical (unpaired) electrons. The molecular weight excluding hydrogens is 203 g/mol. The number of hydrogen-bond acceptors (Lipinski definition) is 4. The van der Waals surface area contributed by atoms with Gasteiger partial charge in [0.25, 0.3) is 0 Å². The molecule has 0 unspecified atom stereocenters. The van der Waals surface area contributed by atoms with E-state index in [1.54, 1.807) is 0 Å². The molecule has 0 aromatic rings. The zero-order valence-corrected chi connectivity index (χ0v) is 4.75. The van der Waals surface area contributed by atoms with E-state index < -0.39 is 9.05 Å². The summed E-state index contributed by atoms with van der Waals surface area (Å²) in [5, 5.41) is 0. The molecule has 0 aliphatic rings. The minimum Gasteiger partial charge on any atom is -0.368 e. The predicted octanol–water partition coefficient (Wildman–Crippen LogP) is -5.25. The third kappa shape index (κ3) is 167. The standard InChI is InChI=1S/Al.Fe.H4O4Si.H4Si.3H/c;;1-5(2,3)4;;;;/h;;1-4H;1H4;;;. The first-order chi connectivity index (χ1) is 2.00. The smallest absolute Gasteiger partial charge is 0.368 e. The van der Waals surface area contributed by atoms with E-state index in [2.05, 4.69) is 0 Å². The van der Waals surface area contributed by atoms with Gasteiger partial charge in [-0.1, -0.05) is 0 Å². The molecule has 0 amide bonds. The molecule has 0 aliphatic carbocycles. The van der Waals surface area contributed by atoms with E-state index in [0.717, 1.165) is 0 Å². The molecule has 8 heavy (non-hydrogen) atoms. The summed E-state index contributed by atoms with van der Waals surface area (Å²) in [5.41, 5.74) is 0. The zero-order valence-electron chi connectivity index (χ0n) is 2.64. The van der Waals surface area contributed by atoms with E-state index in [1.807, 2.05) is 0 Å². The van der Waals surface area contributed by atoms with Crippen molar-refractivity contribution in [3.05, 3.63) is 0 Å². The summed E-state index contributed by atoms with van der Waals surface area (Å²) in [6.07, 6.45) is 0. The summed E-state index contributed by atoms with van der Waals surface area (Å²) >= 11 is 0. The van der Waals surface area contributed by atoms with Gasteiger partial charge in [-0.15, -0.1) is 0 Å². The third-order valence-electron chi connectivity index (χ3n) is 0. The van der Waals surface area contributed by atoms with Crippen molar-refractivity contribution in [2.75, 3.05) is 0 Å². The van der Waals surface area contributed by atoms with Crippen LogP contribution in [0.25, 0.3) is 0 Å². The van der Waals surface area contributed by atoms with Gasteiger partial charge in [0.2, 0.25) is 0 Å². The Morgan fingerprint density at radius 3 is 0.875 bits per heavy atom. The van der Waals surface area contributed by atoms with Crippen LogP contribution in [-0.4, -0.2) is 56.6 Å². The van der Waals surface area contributed by atoms with Gasteiger partial charge < -0.3 is 19.2 Å². The molecule has 0 aromatic carbocycles. The van der Waals surface area contributed by atoms with Crippen molar-refractivity contribution in [3.8, 4) is 0 Å². The maximum atomic E-state index is 7.33. The maximum Gasteiger partial charge on any atom is 0.668 e. The van der Waals surface area contributed by atoms with E-state index in [4.69, 9.17) is 19.2 Å². The molecule has 4 nitrogen and oxygen atoms in total. The van der Waals surface area contributed by atoms with Crippen LogP contribution < -0.4 is 0 Å². The van der Waals surface area contributed by atoms with Crippen LogP contribution in [0.1, 0.15) is 0 Å². The molecule has 4 N–H and O–H groups in total. The SMILES string of the molecule is O[Si](O)(O)O.[AlH3].[Fe].[SiH4]. The van der Waals surface area contributed by atoms with Crippen molar-refractivity contribution in [1.29, 1.82) is 0 Å². The molecule has 0 atom stereocenters. The molecule has 0 spiro atoms. The number of rotatable bonds is 0. The molecule has 0 fully saturated rings. The molecule has 0 bridgehead atoms. The normalized spacial score (nSPS) is 7.50. The summed E-state index contributed by atoms with van der Waals surface area (Å²) in [6, 6.07) is 0. The minimum absolute atomic E-state index is 0. The fraction of sp³-hybridized carbons (Fsp3) is 0. The topological polar surface area (TPSA) is 80.9 Å². The third-order valence-corrected chi connectivity index (χ3v) is 0. The molecule has 0 heterocycles. The first kappa shape index (κ1) is 22.8. The Morgan fingerprint density at radius 2 is 0.875 bits per heavy atom. The number of hydrogen-bond donors (Lipinski definition) is 4. The Morgan fingerprint density at radius 1 is 0.875 bits per heavy atom. The molecular formula is H11AlFeO4Si2. The molecule has 0 aliphatic heterocycles. The Balaban J connectivity index is -0.0000000267. The van der Waals surface area contributed by atoms with Crippen molar-refractivity contribution >= 4 is 37.4 Å². The Labute approximate surface area is 73.7 Å². The second-order valence-corrected chi connectivity index (χ2v) is 1.80. The van der Waals surface area contributed by atoms with Crippen LogP contribution in [0.15, 0.2) is 0 Å². The van der Waals surface area contributed by atoms with E-state index in [9.17, 15) is 0 Å². The molecule has 54 valence electrons. The van der Waals surface area contributed by atoms with Gasteiger partial charge in [-0.25, -0.2) is 0 Å². The summed E-state index contributed by atoms with van der Waals surface area (Å²) in [7, 11) is -4.61. The minimum atomic E-state index is -4.61. The largest absolute Gasteiger partial charge is 0.668 e. The summed E-state index contributed by atoms with van der Waals surface area (Å²) < 4.78 is 0. The second-order valence-electron chi connectivity index (χ2n) is 0.600. The monoisotopic (exact) mass is 214 g/mol. The average molecular weight is 214 g/mol. The van der Waals surface area contributed by atoms with Gasteiger partial charge in [0, 0.05) is 17.1 Å². The van der Waals surface area contributed by atoms with Crippen LogP contribution in [-0.2, 0) is 17.1 Å². The van der Waals surface area contributed by atoms with Crippen molar-refractivity contribution in [2.45, 2.75) is 0 Å². The van der Waals surface area contributed by atoms with Crippen molar-refractivity contribution in [3.63, 3.8) is 0 Å². The van der Waals surface area contributed by atoms with Crippen LogP contribution in [0.3, 0.4) is 0 Å². The van der Waals surface area contributed by atoms with Gasteiger partial charge in [-0.05, 0) is 11.0 Å². The van der Waals surface area contributed by atoms with E-state index in [1.165, 1.54) is 0 Å². The first-order valence-electron chi connectivity index (χ1n) is 0.894. The molecule has 8 heteroatoms. The summed E-state index contributed by atoms with van der Waals surface area (Å²) in [4.78, 5) is 29.3. The van der Waals surface area contributed by atoms with Crippen LogP contribution in [0.5, 0.6) is 0 Å². The molecule has 0 saturated carbocycles. The molecule has 0 rings (SSSR count). The fourth-order valence-corrected chi connectivity index (χ4v) is 0. The van der Waals surface area contributed by atoms with Gasteiger partial charge in [0.1, 0.15) is 0 Å². The van der Waals surface area contributed by atoms with Crippen LogP contribution in [0.2, 0.25) is 0 Å². The summed E-state index contributed by atoms with van der Waals surface area (Å²) in [5.74, 6) is 0. The zero-order chi connectivity index (χ0) is 4.50. The van der Waals surface area contributed by atoms with E-state index in [-0.39, 0.29) is 45.4 Å². The maximum absolute atomic E-state index is 7.33. The van der Waals surface area contributed by atoms with Gasteiger partial charge >= 0.3 is 9.05 Å². The van der Waals surface area contributed by atoms with Crippen LogP contribution >= 0.6 is 0 Å². The molecule has 0 aromatic heterocycles. The quantitative estimate of drug-likeness (QED) is 0.304. The van der Waals surface area contributed by atoms with Crippen molar-refractivity contribution < 1.29 is 36.3 Å². The molecule has 0 saturated heterocycles. The predicted molar refractivity (Wildman–Crippen MR) is 35.9 cm³/mol. The Hall–Kier alpha value is 1.33. The van der Waals surface area contributed by atoms with Crippen LogP contribution in [0, 0.1) is 0 Å². The first-order valence-corrected chi connectivity index (χ1v) is 2.68. The van der Waals surface area contributed by atoms with Gasteiger partial charge in [0.05, 0.1) is 0 Å². The second kappa shape index (κ2) is 8.33. The Kier molecular flexibility index (Phi) is 23.7. The van der Waals surface area contributed by atoms with Crippen molar-refractivity contribution in [1.82, 2.24) is 0 Å².